The lowest BCUT2D eigenvalue weighted by Gasteiger charge is -2.31. The van der Waals surface area contributed by atoms with Crippen molar-refractivity contribution < 1.29 is 4.79 Å². The fraction of sp³-hybridized carbons (Fsp3) is 0.364. The van der Waals surface area contributed by atoms with E-state index in [1.807, 2.05) is 49.6 Å². The van der Waals surface area contributed by atoms with E-state index in [0.29, 0.717) is 0 Å². The Morgan fingerprint density at radius 2 is 2.00 bits per heavy atom. The van der Waals surface area contributed by atoms with E-state index in [-0.39, 0.29) is 11.8 Å². The average Bonchev–Trinajstić information content (AvgIpc) is 3.30. The lowest BCUT2D eigenvalue weighted by atomic mass is 9.96. The van der Waals surface area contributed by atoms with Gasteiger partial charge in [0.15, 0.2) is 0 Å². The summed E-state index contributed by atoms with van der Waals surface area (Å²) in [5.74, 6) is 0.941. The Bertz CT molecular complexity index is 921. The number of H-pyrrole nitrogens is 1. The number of amides is 1. The van der Waals surface area contributed by atoms with E-state index in [4.69, 9.17) is 0 Å². The van der Waals surface area contributed by atoms with E-state index in [2.05, 4.69) is 30.4 Å². The molecule has 0 bridgehead atoms. The molecule has 0 aliphatic carbocycles. The standard InChI is InChI=1S/C22H26N6O/c1-2-21-23-12-16(13-24-21)14-28-11-3-4-18(15-28)22(29)26-19-7-5-17(6-8-19)20-9-10-25-27-20/h5-10,12-13,18H,2-4,11,14-15H2,1H3,(H,25,27)(H,26,29)/t18-/m1/s1. The smallest absolute Gasteiger partial charge is 0.228 e. The molecule has 7 heteroatoms. The van der Waals surface area contributed by atoms with Crippen molar-refractivity contribution in [2.24, 2.45) is 5.92 Å². The zero-order valence-corrected chi connectivity index (χ0v) is 16.6. The zero-order valence-electron chi connectivity index (χ0n) is 16.6. The minimum Gasteiger partial charge on any atom is -0.326 e. The first-order chi connectivity index (χ1) is 14.2. The van der Waals surface area contributed by atoms with Crippen molar-refractivity contribution in [3.05, 3.63) is 60.3 Å². The molecule has 1 atom stereocenters. The molecule has 0 unspecified atom stereocenters. The highest BCUT2D eigenvalue weighted by Gasteiger charge is 2.26. The number of rotatable bonds is 6. The molecule has 1 amide bonds. The van der Waals surface area contributed by atoms with Crippen LogP contribution in [-0.2, 0) is 17.8 Å². The molecule has 3 aromatic rings. The Morgan fingerprint density at radius 1 is 1.21 bits per heavy atom. The predicted molar refractivity (Wildman–Crippen MR) is 112 cm³/mol. The maximum atomic E-state index is 12.8. The van der Waals surface area contributed by atoms with E-state index in [1.54, 1.807) is 6.20 Å². The van der Waals surface area contributed by atoms with Gasteiger partial charge in [0, 0.05) is 49.4 Å². The maximum Gasteiger partial charge on any atom is 0.228 e. The summed E-state index contributed by atoms with van der Waals surface area (Å²) >= 11 is 0. The molecule has 3 heterocycles. The molecular formula is C22H26N6O. The van der Waals surface area contributed by atoms with Crippen LogP contribution >= 0.6 is 0 Å². The van der Waals surface area contributed by atoms with Gasteiger partial charge in [0.2, 0.25) is 5.91 Å². The molecule has 0 spiro atoms. The molecule has 1 saturated heterocycles. The minimum atomic E-state index is -0.00753. The molecule has 1 fully saturated rings. The molecule has 1 aliphatic heterocycles. The van der Waals surface area contributed by atoms with E-state index < -0.39 is 0 Å². The van der Waals surface area contributed by atoms with Gasteiger partial charge in [-0.2, -0.15) is 5.10 Å². The summed E-state index contributed by atoms with van der Waals surface area (Å²) < 4.78 is 0. The first-order valence-electron chi connectivity index (χ1n) is 10.1. The van der Waals surface area contributed by atoms with Gasteiger partial charge in [-0.05, 0) is 43.1 Å². The van der Waals surface area contributed by atoms with Gasteiger partial charge in [0.05, 0.1) is 11.6 Å². The van der Waals surface area contributed by atoms with Crippen LogP contribution < -0.4 is 5.32 Å². The number of nitrogens with one attached hydrogen (secondary N) is 2. The molecule has 2 N–H and O–H groups in total. The van der Waals surface area contributed by atoms with Crippen molar-refractivity contribution in [2.75, 3.05) is 18.4 Å². The summed E-state index contributed by atoms with van der Waals surface area (Å²) in [4.78, 5) is 23.9. The Balaban J connectivity index is 1.33. The third-order valence-corrected chi connectivity index (χ3v) is 5.32. The number of piperidine rings is 1. The number of aromatic amines is 1. The number of benzene rings is 1. The molecule has 0 saturated carbocycles. The van der Waals surface area contributed by atoms with Crippen molar-refractivity contribution in [3.8, 4) is 11.3 Å². The van der Waals surface area contributed by atoms with Gasteiger partial charge in [-0.3, -0.25) is 14.8 Å². The number of anilines is 1. The summed E-state index contributed by atoms with van der Waals surface area (Å²) in [5, 5.41) is 9.98. The molecule has 0 radical (unpaired) electrons. The van der Waals surface area contributed by atoms with Gasteiger partial charge in [-0.1, -0.05) is 19.1 Å². The van der Waals surface area contributed by atoms with E-state index in [0.717, 1.165) is 67.2 Å². The number of carbonyl (C=O) groups is 1. The average molecular weight is 390 g/mol. The first kappa shape index (κ1) is 19.3. The molecule has 29 heavy (non-hydrogen) atoms. The second-order valence-corrected chi connectivity index (χ2v) is 7.47. The first-order valence-corrected chi connectivity index (χ1v) is 10.1. The van der Waals surface area contributed by atoms with E-state index in [1.165, 1.54) is 0 Å². The maximum absolute atomic E-state index is 12.8. The van der Waals surface area contributed by atoms with Crippen LogP contribution in [0.5, 0.6) is 0 Å². The zero-order chi connectivity index (χ0) is 20.1. The van der Waals surface area contributed by atoms with Crippen LogP contribution in [0.3, 0.4) is 0 Å². The van der Waals surface area contributed by atoms with Crippen molar-refractivity contribution in [1.29, 1.82) is 0 Å². The second kappa shape index (κ2) is 8.96. The fourth-order valence-electron chi connectivity index (χ4n) is 3.71. The Labute approximate surface area is 170 Å². The highest BCUT2D eigenvalue weighted by atomic mass is 16.1. The van der Waals surface area contributed by atoms with Gasteiger partial charge in [0.25, 0.3) is 0 Å². The summed E-state index contributed by atoms with van der Waals surface area (Å²) in [6, 6.07) is 9.75. The largest absolute Gasteiger partial charge is 0.326 e. The van der Waals surface area contributed by atoms with Gasteiger partial charge in [0.1, 0.15) is 5.82 Å². The summed E-state index contributed by atoms with van der Waals surface area (Å²) in [7, 11) is 0. The van der Waals surface area contributed by atoms with Crippen LogP contribution in [0.2, 0.25) is 0 Å². The Hall–Kier alpha value is -3.06. The predicted octanol–water partition coefficient (Wildman–Crippen LogP) is 3.28. The fourth-order valence-corrected chi connectivity index (χ4v) is 3.71. The van der Waals surface area contributed by atoms with Crippen molar-refractivity contribution >= 4 is 11.6 Å². The number of likely N-dealkylation sites (tertiary alicyclic amines) is 1. The minimum absolute atomic E-state index is 0.00753. The normalized spacial score (nSPS) is 17.2. The third kappa shape index (κ3) is 4.86. The van der Waals surface area contributed by atoms with Crippen molar-refractivity contribution in [2.45, 2.75) is 32.7 Å². The number of nitrogens with zero attached hydrogens (tertiary/aromatic N) is 4. The van der Waals surface area contributed by atoms with Gasteiger partial charge >= 0.3 is 0 Å². The summed E-state index contributed by atoms with van der Waals surface area (Å²) in [6.07, 6.45) is 8.30. The summed E-state index contributed by atoms with van der Waals surface area (Å²) in [6.45, 7) is 4.59. The van der Waals surface area contributed by atoms with Gasteiger partial charge in [-0.15, -0.1) is 0 Å². The van der Waals surface area contributed by atoms with Gasteiger partial charge < -0.3 is 5.32 Å². The SMILES string of the molecule is CCc1ncc(CN2CCC[C@@H](C(=O)Nc3ccc(-c4ccn[nH]4)cc3)C2)cn1. The second-order valence-electron chi connectivity index (χ2n) is 7.47. The number of aromatic nitrogens is 4. The lowest BCUT2D eigenvalue weighted by molar-refractivity contribution is -0.121. The monoisotopic (exact) mass is 390 g/mol. The quantitative estimate of drug-likeness (QED) is 0.674. The topological polar surface area (TPSA) is 86.8 Å². The van der Waals surface area contributed by atoms with Crippen LogP contribution in [0, 0.1) is 5.92 Å². The lowest BCUT2D eigenvalue weighted by Crippen LogP contribution is -2.40. The Kier molecular flexibility index (Phi) is 5.95. The third-order valence-electron chi connectivity index (χ3n) is 5.32. The molecule has 1 aromatic carbocycles. The number of aryl methyl sites for hydroxylation is 1. The van der Waals surface area contributed by atoms with Crippen LogP contribution in [-0.4, -0.2) is 44.1 Å². The molecule has 2 aromatic heterocycles. The van der Waals surface area contributed by atoms with Crippen LogP contribution in [0.1, 0.15) is 31.2 Å². The molecule has 4 rings (SSSR count). The highest BCUT2D eigenvalue weighted by Crippen LogP contribution is 2.22. The number of carbonyl (C=O) groups excluding carboxylic acids is 1. The Morgan fingerprint density at radius 3 is 2.69 bits per heavy atom. The molecule has 150 valence electrons. The number of hydrogen-bond acceptors (Lipinski definition) is 5. The molecular weight excluding hydrogens is 364 g/mol. The van der Waals surface area contributed by atoms with Crippen LogP contribution in [0.15, 0.2) is 48.9 Å². The summed E-state index contributed by atoms with van der Waals surface area (Å²) in [5.41, 5.74) is 3.92. The molecule has 7 nitrogen and oxygen atoms in total. The van der Waals surface area contributed by atoms with E-state index in [9.17, 15) is 4.79 Å². The van der Waals surface area contributed by atoms with Crippen LogP contribution in [0.25, 0.3) is 11.3 Å². The van der Waals surface area contributed by atoms with E-state index >= 15 is 0 Å². The van der Waals surface area contributed by atoms with Crippen molar-refractivity contribution in [3.63, 3.8) is 0 Å². The van der Waals surface area contributed by atoms with Gasteiger partial charge in [-0.25, -0.2) is 9.97 Å². The molecule has 1 aliphatic rings. The number of hydrogen-bond donors (Lipinski definition) is 2. The van der Waals surface area contributed by atoms with Crippen LogP contribution in [0.4, 0.5) is 5.69 Å². The highest BCUT2D eigenvalue weighted by molar-refractivity contribution is 5.93. The van der Waals surface area contributed by atoms with Crippen molar-refractivity contribution in [1.82, 2.24) is 25.1 Å².